The minimum absolute atomic E-state index is 0.246. The third-order valence-corrected chi connectivity index (χ3v) is 3.28. The summed E-state index contributed by atoms with van der Waals surface area (Å²) in [6.07, 6.45) is 2.93. The van der Waals surface area contributed by atoms with Crippen molar-refractivity contribution in [1.29, 1.82) is 0 Å². The van der Waals surface area contributed by atoms with Crippen LogP contribution in [0.4, 0.5) is 0 Å². The van der Waals surface area contributed by atoms with Crippen molar-refractivity contribution in [2.75, 3.05) is 6.54 Å². The maximum absolute atomic E-state index is 6.26. The molecule has 0 bridgehead atoms. The van der Waals surface area contributed by atoms with Crippen LogP contribution in [-0.2, 0) is 0 Å². The summed E-state index contributed by atoms with van der Waals surface area (Å²) in [7, 11) is 0. The van der Waals surface area contributed by atoms with Crippen LogP contribution in [0.3, 0.4) is 0 Å². The van der Waals surface area contributed by atoms with Crippen molar-refractivity contribution in [2.24, 2.45) is 0 Å². The monoisotopic (exact) mass is 283 g/mol. The summed E-state index contributed by atoms with van der Waals surface area (Å²) >= 11 is 12.2. The minimum Gasteiger partial charge on any atom is -0.310 e. The minimum atomic E-state index is 0.246. The molecular formula is C15H19Cl2N. The van der Waals surface area contributed by atoms with E-state index in [0.717, 1.165) is 36.4 Å². The van der Waals surface area contributed by atoms with E-state index < -0.39 is 0 Å². The Kier molecular flexibility index (Phi) is 7.20. The average molecular weight is 284 g/mol. The van der Waals surface area contributed by atoms with E-state index in [0.29, 0.717) is 5.02 Å². The van der Waals surface area contributed by atoms with Crippen LogP contribution in [-0.4, -0.2) is 6.54 Å². The molecule has 1 N–H and O–H groups in total. The van der Waals surface area contributed by atoms with Gasteiger partial charge in [-0.2, -0.15) is 0 Å². The maximum atomic E-state index is 6.26. The quantitative estimate of drug-likeness (QED) is 0.737. The lowest BCUT2D eigenvalue weighted by Crippen LogP contribution is -2.22. The molecule has 1 rings (SSSR count). The fraction of sp³-hybridized carbons (Fsp3) is 0.467. The highest BCUT2D eigenvalue weighted by Gasteiger charge is 2.13. The number of halogens is 2. The molecule has 0 aliphatic carbocycles. The Morgan fingerprint density at radius 1 is 1.33 bits per heavy atom. The first-order valence-corrected chi connectivity index (χ1v) is 7.02. The Bertz CT molecular complexity index is 432. The predicted molar refractivity (Wildman–Crippen MR) is 80.2 cm³/mol. The summed E-state index contributed by atoms with van der Waals surface area (Å²) in [6, 6.07) is 5.92. The van der Waals surface area contributed by atoms with E-state index in [2.05, 4.69) is 24.1 Å². The molecule has 1 aromatic carbocycles. The van der Waals surface area contributed by atoms with E-state index in [1.54, 1.807) is 6.07 Å². The summed E-state index contributed by atoms with van der Waals surface area (Å²) in [5, 5.41) is 4.90. The zero-order valence-electron chi connectivity index (χ0n) is 10.9. The van der Waals surface area contributed by atoms with Gasteiger partial charge in [-0.05, 0) is 44.0 Å². The lowest BCUT2D eigenvalue weighted by Gasteiger charge is -2.19. The van der Waals surface area contributed by atoms with E-state index in [4.69, 9.17) is 23.2 Å². The van der Waals surface area contributed by atoms with E-state index in [9.17, 15) is 0 Å². The number of hydrogen-bond donors (Lipinski definition) is 1. The van der Waals surface area contributed by atoms with E-state index in [1.165, 1.54) is 0 Å². The second kappa shape index (κ2) is 8.43. The Morgan fingerprint density at radius 2 is 2.11 bits per heavy atom. The highest BCUT2D eigenvalue weighted by molar-refractivity contribution is 6.35. The molecule has 0 radical (unpaired) electrons. The molecule has 18 heavy (non-hydrogen) atoms. The van der Waals surface area contributed by atoms with Crippen molar-refractivity contribution >= 4 is 23.2 Å². The van der Waals surface area contributed by atoms with Crippen LogP contribution in [0, 0.1) is 11.8 Å². The Labute approximate surface area is 120 Å². The van der Waals surface area contributed by atoms with Gasteiger partial charge in [0.15, 0.2) is 0 Å². The van der Waals surface area contributed by atoms with Crippen molar-refractivity contribution < 1.29 is 0 Å². The van der Waals surface area contributed by atoms with Crippen LogP contribution >= 0.6 is 23.2 Å². The van der Waals surface area contributed by atoms with Crippen molar-refractivity contribution in [2.45, 2.75) is 39.2 Å². The number of nitrogens with one attached hydrogen (secondary N) is 1. The largest absolute Gasteiger partial charge is 0.310 e. The van der Waals surface area contributed by atoms with E-state index in [1.807, 2.05) is 19.1 Å². The van der Waals surface area contributed by atoms with Gasteiger partial charge in [-0.1, -0.05) is 36.2 Å². The van der Waals surface area contributed by atoms with Crippen LogP contribution in [0.25, 0.3) is 0 Å². The van der Waals surface area contributed by atoms with Crippen molar-refractivity contribution in [3.8, 4) is 11.8 Å². The molecule has 0 aromatic heterocycles. The molecule has 1 unspecified atom stereocenters. The Morgan fingerprint density at radius 3 is 2.72 bits per heavy atom. The molecule has 1 aromatic rings. The Balaban J connectivity index is 2.81. The van der Waals surface area contributed by atoms with Crippen LogP contribution in [0.2, 0.25) is 10.0 Å². The first kappa shape index (κ1) is 15.4. The van der Waals surface area contributed by atoms with E-state index in [-0.39, 0.29) is 6.04 Å². The zero-order chi connectivity index (χ0) is 13.4. The average Bonchev–Trinajstić information content (AvgIpc) is 2.34. The lowest BCUT2D eigenvalue weighted by atomic mass is 10.0. The highest BCUT2D eigenvalue weighted by Crippen LogP contribution is 2.28. The Hall–Kier alpha value is -0.680. The molecule has 0 aliphatic heterocycles. The van der Waals surface area contributed by atoms with Gasteiger partial charge in [0, 0.05) is 22.5 Å². The molecule has 3 heteroatoms. The normalized spacial score (nSPS) is 11.8. The fourth-order valence-electron chi connectivity index (χ4n) is 1.81. The first-order chi connectivity index (χ1) is 8.69. The molecule has 0 saturated carbocycles. The van der Waals surface area contributed by atoms with Gasteiger partial charge in [-0.15, -0.1) is 11.8 Å². The summed E-state index contributed by atoms with van der Waals surface area (Å²) in [6.45, 7) is 4.99. The van der Waals surface area contributed by atoms with Gasteiger partial charge in [0.2, 0.25) is 0 Å². The molecule has 1 atom stereocenters. The van der Waals surface area contributed by atoms with Gasteiger partial charge in [-0.3, -0.25) is 0 Å². The molecule has 0 spiro atoms. The molecule has 0 heterocycles. The van der Waals surface area contributed by atoms with Crippen LogP contribution < -0.4 is 5.32 Å². The number of benzene rings is 1. The number of rotatable bonds is 6. The molecule has 0 aliphatic rings. The predicted octanol–water partition coefficient (Wildman–Crippen LogP) is 4.84. The van der Waals surface area contributed by atoms with Gasteiger partial charge < -0.3 is 5.32 Å². The molecule has 0 amide bonds. The lowest BCUT2D eigenvalue weighted by molar-refractivity contribution is 0.505. The highest BCUT2D eigenvalue weighted by atomic mass is 35.5. The van der Waals surface area contributed by atoms with Crippen LogP contribution in [0.1, 0.15) is 44.7 Å². The smallest absolute Gasteiger partial charge is 0.0468 e. The molecule has 0 saturated heterocycles. The molecule has 0 fully saturated rings. The summed E-state index contributed by atoms with van der Waals surface area (Å²) < 4.78 is 0. The summed E-state index contributed by atoms with van der Waals surface area (Å²) in [5.74, 6) is 6.02. The second-order valence-electron chi connectivity index (χ2n) is 4.14. The van der Waals surface area contributed by atoms with E-state index >= 15 is 0 Å². The van der Waals surface area contributed by atoms with Crippen LogP contribution in [0.5, 0.6) is 0 Å². The van der Waals surface area contributed by atoms with Crippen LogP contribution in [0.15, 0.2) is 18.2 Å². The first-order valence-electron chi connectivity index (χ1n) is 6.27. The van der Waals surface area contributed by atoms with Gasteiger partial charge in [-0.25, -0.2) is 0 Å². The topological polar surface area (TPSA) is 12.0 Å². The molecular weight excluding hydrogens is 265 g/mol. The zero-order valence-corrected chi connectivity index (χ0v) is 12.4. The van der Waals surface area contributed by atoms with Gasteiger partial charge in [0.25, 0.3) is 0 Å². The number of hydrogen-bond acceptors (Lipinski definition) is 1. The summed E-state index contributed by atoms with van der Waals surface area (Å²) in [5.41, 5.74) is 1.10. The SMILES string of the molecule is CC#CCCC(NCCC)c1ccc(Cl)cc1Cl. The van der Waals surface area contributed by atoms with Crippen molar-refractivity contribution in [1.82, 2.24) is 5.32 Å². The van der Waals surface area contributed by atoms with Gasteiger partial charge in [0.1, 0.15) is 0 Å². The second-order valence-corrected chi connectivity index (χ2v) is 4.98. The maximum Gasteiger partial charge on any atom is 0.0468 e. The fourth-order valence-corrected chi connectivity index (χ4v) is 2.35. The third-order valence-electron chi connectivity index (χ3n) is 2.71. The molecule has 1 nitrogen and oxygen atoms in total. The molecule has 98 valence electrons. The van der Waals surface area contributed by atoms with Crippen molar-refractivity contribution in [3.05, 3.63) is 33.8 Å². The standard InChI is InChI=1S/C15H19Cl2N/c1-3-5-6-7-15(18-10-4-2)13-9-8-12(16)11-14(13)17/h8-9,11,15,18H,4,6-7,10H2,1-2H3. The van der Waals surface area contributed by atoms with Crippen molar-refractivity contribution in [3.63, 3.8) is 0 Å². The summed E-state index contributed by atoms with van der Waals surface area (Å²) in [4.78, 5) is 0. The van der Waals surface area contributed by atoms with Gasteiger partial charge >= 0.3 is 0 Å². The third kappa shape index (κ3) is 4.90. The van der Waals surface area contributed by atoms with Gasteiger partial charge in [0.05, 0.1) is 0 Å².